The van der Waals surface area contributed by atoms with Gasteiger partial charge in [0.1, 0.15) is 11.8 Å². The first kappa shape index (κ1) is 30.2. The zero-order chi connectivity index (χ0) is 27.6. The Balaban J connectivity index is 2.21. The molecule has 1 N–H and O–H groups in total. The van der Waals surface area contributed by atoms with Gasteiger partial charge in [0, 0.05) is 25.6 Å². The molecule has 0 aliphatic rings. The normalized spacial score (nSPS) is 12.9. The summed E-state index contributed by atoms with van der Waals surface area (Å²) in [7, 11) is -3.61. The summed E-state index contributed by atoms with van der Waals surface area (Å²) in [6.07, 6.45) is 2.31. The van der Waals surface area contributed by atoms with Crippen molar-refractivity contribution in [2.75, 3.05) is 23.7 Å². The summed E-state index contributed by atoms with van der Waals surface area (Å²) >= 11 is 0. The Hall–Kier alpha value is -3.07. The van der Waals surface area contributed by atoms with Crippen molar-refractivity contribution < 1.29 is 22.7 Å². The summed E-state index contributed by atoms with van der Waals surface area (Å²) in [5, 5.41) is 2.96. The molecular weight excluding hydrogens is 490 g/mol. The van der Waals surface area contributed by atoms with Crippen molar-refractivity contribution >= 4 is 27.5 Å². The fourth-order valence-corrected chi connectivity index (χ4v) is 4.95. The number of benzene rings is 2. The molecule has 0 saturated carbocycles. The van der Waals surface area contributed by atoms with Crippen molar-refractivity contribution in [3.8, 4) is 5.75 Å². The van der Waals surface area contributed by atoms with Gasteiger partial charge < -0.3 is 15.0 Å². The highest BCUT2D eigenvalue weighted by Crippen LogP contribution is 2.30. The van der Waals surface area contributed by atoms with Gasteiger partial charge >= 0.3 is 0 Å². The minimum absolute atomic E-state index is 0.000372. The van der Waals surface area contributed by atoms with Crippen LogP contribution in [-0.4, -0.2) is 56.6 Å². The molecule has 0 saturated heterocycles. The van der Waals surface area contributed by atoms with E-state index in [1.54, 1.807) is 36.1 Å². The Labute approximate surface area is 222 Å². The van der Waals surface area contributed by atoms with Gasteiger partial charge in [-0.05, 0) is 58.2 Å². The average Bonchev–Trinajstić information content (AvgIpc) is 2.84. The molecular formula is C28H41N3O5S. The molecule has 0 fully saturated rings. The van der Waals surface area contributed by atoms with Gasteiger partial charge in [0.25, 0.3) is 0 Å². The number of anilines is 1. The van der Waals surface area contributed by atoms with Crippen molar-refractivity contribution in [1.82, 2.24) is 10.2 Å². The van der Waals surface area contributed by atoms with Crippen LogP contribution in [-0.2, 0) is 26.2 Å². The molecule has 0 aliphatic heterocycles. The minimum Gasteiger partial charge on any atom is -0.492 e. The van der Waals surface area contributed by atoms with E-state index in [0.717, 1.165) is 23.8 Å². The van der Waals surface area contributed by atoms with Gasteiger partial charge in [0.05, 0.1) is 18.6 Å². The minimum atomic E-state index is -3.61. The van der Waals surface area contributed by atoms with Gasteiger partial charge in [-0.3, -0.25) is 13.9 Å². The number of ether oxygens (including phenoxy) is 1. The Morgan fingerprint density at radius 3 is 2.38 bits per heavy atom. The summed E-state index contributed by atoms with van der Waals surface area (Å²) in [5.74, 6) is 0.0526. The number of carbonyl (C=O) groups excluding carboxylic acids is 2. The third kappa shape index (κ3) is 9.07. The molecule has 37 heavy (non-hydrogen) atoms. The molecule has 2 aromatic rings. The second-order valence-corrected chi connectivity index (χ2v) is 11.3. The number of hydrogen-bond donors (Lipinski definition) is 1. The number of amides is 2. The van der Waals surface area contributed by atoms with Crippen molar-refractivity contribution in [3.63, 3.8) is 0 Å². The molecule has 204 valence electrons. The molecule has 0 radical (unpaired) electrons. The van der Waals surface area contributed by atoms with Crippen molar-refractivity contribution in [2.24, 2.45) is 0 Å². The largest absolute Gasteiger partial charge is 0.492 e. The van der Waals surface area contributed by atoms with Crippen LogP contribution in [0.1, 0.15) is 58.1 Å². The molecule has 2 amide bonds. The Morgan fingerprint density at radius 1 is 1.05 bits per heavy atom. The molecule has 0 heterocycles. The highest BCUT2D eigenvalue weighted by Gasteiger charge is 2.27. The quantitative estimate of drug-likeness (QED) is 0.393. The first-order valence-electron chi connectivity index (χ1n) is 12.8. The maximum atomic E-state index is 13.4. The van der Waals surface area contributed by atoms with Crippen LogP contribution in [0.25, 0.3) is 0 Å². The molecule has 0 spiro atoms. The summed E-state index contributed by atoms with van der Waals surface area (Å²) in [5.41, 5.74) is 2.44. The number of hydrogen-bond acceptors (Lipinski definition) is 5. The number of carbonyl (C=O) groups is 2. The van der Waals surface area contributed by atoms with E-state index in [-0.39, 0.29) is 37.2 Å². The zero-order valence-corrected chi connectivity index (χ0v) is 23.7. The molecule has 2 atom stereocenters. The van der Waals surface area contributed by atoms with E-state index < -0.39 is 16.1 Å². The number of sulfonamides is 1. The Kier molecular flexibility index (Phi) is 11.4. The van der Waals surface area contributed by atoms with Gasteiger partial charge in [-0.2, -0.15) is 0 Å². The Bertz CT molecular complexity index is 1150. The summed E-state index contributed by atoms with van der Waals surface area (Å²) in [6, 6.07) is 14.1. The topological polar surface area (TPSA) is 96.0 Å². The first-order chi connectivity index (χ1) is 17.5. The van der Waals surface area contributed by atoms with E-state index >= 15 is 0 Å². The van der Waals surface area contributed by atoms with Crippen LogP contribution in [0.15, 0.2) is 48.5 Å². The summed E-state index contributed by atoms with van der Waals surface area (Å²) < 4.78 is 32.1. The van der Waals surface area contributed by atoms with E-state index in [2.05, 4.69) is 5.32 Å². The zero-order valence-electron chi connectivity index (χ0n) is 22.9. The summed E-state index contributed by atoms with van der Waals surface area (Å²) in [4.78, 5) is 27.9. The fourth-order valence-electron chi connectivity index (χ4n) is 3.98. The molecule has 9 heteroatoms. The third-order valence-electron chi connectivity index (χ3n) is 6.19. The lowest BCUT2D eigenvalue weighted by atomic mass is 10.1. The molecule has 2 aromatic carbocycles. The second-order valence-electron chi connectivity index (χ2n) is 9.34. The van der Waals surface area contributed by atoms with Crippen LogP contribution < -0.4 is 14.4 Å². The van der Waals surface area contributed by atoms with Crippen LogP contribution in [0, 0.1) is 6.92 Å². The van der Waals surface area contributed by atoms with Gasteiger partial charge in [-0.15, -0.1) is 0 Å². The third-order valence-corrected chi connectivity index (χ3v) is 7.37. The standard InChI is InChI=1S/C28H41N3O5S/c1-7-22(4)29-28(33)23(5)30(20-24-14-11-13-21(3)19-24)27(32)17-12-18-31(37(6,34)35)25-15-9-10-16-26(25)36-8-2/h9-11,13-16,19,22-23H,7-8,12,17-18,20H2,1-6H3,(H,29,33)/t22-,23+/m1/s1. The van der Waals surface area contributed by atoms with Gasteiger partial charge in [0.15, 0.2) is 0 Å². The van der Waals surface area contributed by atoms with E-state index in [4.69, 9.17) is 4.74 Å². The number of nitrogens with zero attached hydrogens (tertiary/aromatic N) is 2. The monoisotopic (exact) mass is 531 g/mol. The van der Waals surface area contributed by atoms with Crippen molar-refractivity contribution in [1.29, 1.82) is 0 Å². The van der Waals surface area contributed by atoms with Crippen molar-refractivity contribution in [2.45, 2.75) is 72.5 Å². The van der Waals surface area contributed by atoms with Crippen LogP contribution in [0.4, 0.5) is 5.69 Å². The van der Waals surface area contributed by atoms with Crippen LogP contribution in [0.2, 0.25) is 0 Å². The fraction of sp³-hybridized carbons (Fsp3) is 0.500. The number of aryl methyl sites for hydroxylation is 1. The van der Waals surface area contributed by atoms with Gasteiger partial charge in [0.2, 0.25) is 21.8 Å². The molecule has 2 rings (SSSR count). The highest BCUT2D eigenvalue weighted by atomic mass is 32.2. The van der Waals surface area contributed by atoms with E-state index in [9.17, 15) is 18.0 Å². The van der Waals surface area contributed by atoms with Crippen molar-refractivity contribution in [3.05, 3.63) is 59.7 Å². The van der Waals surface area contributed by atoms with E-state index in [1.807, 2.05) is 52.0 Å². The smallest absolute Gasteiger partial charge is 0.242 e. The maximum absolute atomic E-state index is 13.4. The number of nitrogens with one attached hydrogen (secondary N) is 1. The predicted octanol–water partition coefficient (Wildman–Crippen LogP) is 4.27. The van der Waals surface area contributed by atoms with Gasteiger partial charge in [-0.25, -0.2) is 8.42 Å². The highest BCUT2D eigenvalue weighted by molar-refractivity contribution is 7.92. The Morgan fingerprint density at radius 2 is 1.76 bits per heavy atom. The van der Waals surface area contributed by atoms with E-state index in [0.29, 0.717) is 24.6 Å². The number of rotatable bonds is 14. The first-order valence-corrected chi connectivity index (χ1v) is 14.7. The lowest BCUT2D eigenvalue weighted by Crippen LogP contribution is -2.49. The van der Waals surface area contributed by atoms with Crippen LogP contribution in [0.3, 0.4) is 0 Å². The second kappa shape index (κ2) is 14.0. The SMILES string of the molecule is CCOc1ccccc1N(CCCC(=O)N(Cc1cccc(C)c1)[C@@H](C)C(=O)N[C@H](C)CC)S(C)(=O)=O. The predicted molar refractivity (Wildman–Crippen MR) is 148 cm³/mol. The van der Waals surface area contributed by atoms with Crippen LogP contribution in [0.5, 0.6) is 5.75 Å². The average molecular weight is 532 g/mol. The van der Waals surface area contributed by atoms with Gasteiger partial charge in [-0.1, -0.05) is 48.9 Å². The maximum Gasteiger partial charge on any atom is 0.242 e. The molecule has 0 unspecified atom stereocenters. The molecule has 0 aromatic heterocycles. The van der Waals surface area contributed by atoms with Crippen LogP contribution >= 0.6 is 0 Å². The molecule has 0 bridgehead atoms. The summed E-state index contributed by atoms with van der Waals surface area (Å²) in [6.45, 7) is 10.3. The van der Waals surface area contributed by atoms with E-state index in [1.165, 1.54) is 4.31 Å². The number of para-hydroxylation sites is 2. The molecule has 8 nitrogen and oxygen atoms in total. The lowest BCUT2D eigenvalue weighted by Gasteiger charge is -2.30. The lowest BCUT2D eigenvalue weighted by molar-refractivity contribution is -0.140. The molecule has 0 aliphatic carbocycles.